The van der Waals surface area contributed by atoms with Crippen molar-refractivity contribution in [1.29, 1.82) is 0 Å². The van der Waals surface area contributed by atoms with Gasteiger partial charge in [0.1, 0.15) is 6.61 Å². The molecule has 5 heteroatoms. The second-order valence-corrected chi connectivity index (χ2v) is 14.6. The molecule has 0 fully saturated rings. The van der Waals surface area contributed by atoms with Gasteiger partial charge < -0.3 is 14.2 Å². The maximum Gasteiger partial charge on any atom is 0.306 e. The topological polar surface area (TPSA) is 61.8 Å². The van der Waals surface area contributed by atoms with Crippen LogP contribution in [0.15, 0.2) is 24.3 Å². The molecule has 50 heavy (non-hydrogen) atoms. The fourth-order valence-electron chi connectivity index (χ4n) is 6.14. The summed E-state index contributed by atoms with van der Waals surface area (Å²) in [5.41, 5.74) is 0. The molecule has 0 rings (SSSR count). The van der Waals surface area contributed by atoms with Crippen molar-refractivity contribution in [3.05, 3.63) is 24.3 Å². The Morgan fingerprint density at radius 1 is 0.420 bits per heavy atom. The number of carbonyl (C=O) groups is 2. The lowest BCUT2D eigenvalue weighted by atomic mass is 10.1. The van der Waals surface area contributed by atoms with Crippen molar-refractivity contribution in [2.24, 2.45) is 0 Å². The highest BCUT2D eigenvalue weighted by atomic mass is 16.6. The Balaban J connectivity index is 4.17. The zero-order chi connectivity index (χ0) is 36.4. The lowest BCUT2D eigenvalue weighted by molar-refractivity contribution is -0.163. The van der Waals surface area contributed by atoms with Crippen LogP contribution in [0.25, 0.3) is 0 Å². The summed E-state index contributed by atoms with van der Waals surface area (Å²) in [6.07, 6.45) is 46.1. The normalized spacial score (nSPS) is 12.3. The molecule has 0 heterocycles. The average Bonchev–Trinajstić information content (AvgIpc) is 3.11. The predicted octanol–water partition coefficient (Wildman–Crippen LogP) is 14.1. The molecule has 5 nitrogen and oxygen atoms in total. The Labute approximate surface area is 311 Å². The highest BCUT2D eigenvalue weighted by Crippen LogP contribution is 2.13. The first-order valence-electron chi connectivity index (χ1n) is 21.9. The van der Waals surface area contributed by atoms with Crippen LogP contribution in [0.2, 0.25) is 0 Å². The molecule has 0 aliphatic rings. The molecule has 294 valence electrons. The van der Waals surface area contributed by atoms with Crippen LogP contribution in [0.5, 0.6) is 0 Å². The van der Waals surface area contributed by atoms with E-state index in [1.807, 2.05) is 0 Å². The fraction of sp³-hybridized carbons (Fsp3) is 0.867. The third-order valence-electron chi connectivity index (χ3n) is 9.46. The highest BCUT2D eigenvalue weighted by Gasteiger charge is 2.17. The van der Waals surface area contributed by atoms with Crippen molar-refractivity contribution in [2.75, 3.05) is 19.8 Å². The molecule has 0 spiro atoms. The molecular weight excluding hydrogens is 620 g/mol. The highest BCUT2D eigenvalue weighted by molar-refractivity contribution is 5.70. The summed E-state index contributed by atoms with van der Waals surface area (Å²) in [6.45, 7) is 7.76. The van der Waals surface area contributed by atoms with Crippen molar-refractivity contribution in [1.82, 2.24) is 0 Å². The summed E-state index contributed by atoms with van der Waals surface area (Å²) in [7, 11) is 0. The average molecular weight is 705 g/mol. The van der Waals surface area contributed by atoms with Crippen molar-refractivity contribution in [2.45, 2.75) is 232 Å². The van der Waals surface area contributed by atoms with Gasteiger partial charge in [0.15, 0.2) is 6.10 Å². The van der Waals surface area contributed by atoms with Crippen LogP contribution in [-0.2, 0) is 23.8 Å². The molecule has 0 radical (unpaired) electrons. The second kappa shape index (κ2) is 41.8. The predicted molar refractivity (Wildman–Crippen MR) is 215 cm³/mol. The van der Waals surface area contributed by atoms with Gasteiger partial charge in [-0.05, 0) is 70.6 Å². The van der Waals surface area contributed by atoms with E-state index in [2.05, 4.69) is 45.1 Å². The van der Waals surface area contributed by atoms with Crippen molar-refractivity contribution in [3.63, 3.8) is 0 Å². The molecule has 0 aliphatic carbocycles. The molecule has 0 amide bonds. The van der Waals surface area contributed by atoms with Crippen molar-refractivity contribution >= 4 is 11.9 Å². The van der Waals surface area contributed by atoms with Crippen LogP contribution in [0, 0.1) is 0 Å². The molecule has 0 aromatic carbocycles. The van der Waals surface area contributed by atoms with E-state index in [9.17, 15) is 9.59 Å². The zero-order valence-corrected chi connectivity index (χ0v) is 33.7. The molecule has 0 bridgehead atoms. The Morgan fingerprint density at radius 2 is 0.780 bits per heavy atom. The molecule has 1 unspecified atom stereocenters. The van der Waals surface area contributed by atoms with Crippen LogP contribution in [0.3, 0.4) is 0 Å². The van der Waals surface area contributed by atoms with E-state index in [4.69, 9.17) is 14.2 Å². The largest absolute Gasteiger partial charge is 0.462 e. The standard InChI is InChI=1S/C45H84O5/c1-4-7-10-13-16-18-20-22-24-26-28-31-34-37-40-48-41-43(50-45(47)39-36-33-29-15-12-9-6-3)42-49-44(46)38-35-32-30-27-25-23-21-19-17-14-11-8-5-2/h18-21,43H,4-17,22-42H2,1-3H3/b20-18-,21-19-. The lowest BCUT2D eigenvalue weighted by Crippen LogP contribution is -2.30. The van der Waals surface area contributed by atoms with Gasteiger partial charge in [-0.3, -0.25) is 9.59 Å². The first kappa shape index (κ1) is 48.4. The number of rotatable bonds is 40. The SMILES string of the molecule is CCCCCC/C=C\CCCCCCCCOCC(COC(=O)CCCCCCC/C=C\CCCCCC)OC(=O)CCCCCCCCC. The molecule has 0 saturated carbocycles. The number of allylic oxidation sites excluding steroid dienone is 4. The van der Waals surface area contributed by atoms with E-state index in [0.717, 1.165) is 51.4 Å². The quantitative estimate of drug-likeness (QED) is 0.0361. The molecule has 0 N–H and O–H groups in total. The molecule has 0 aromatic heterocycles. The van der Waals surface area contributed by atoms with E-state index in [1.165, 1.54) is 141 Å². The smallest absolute Gasteiger partial charge is 0.306 e. The van der Waals surface area contributed by atoms with E-state index >= 15 is 0 Å². The minimum atomic E-state index is -0.532. The number of carbonyl (C=O) groups excluding carboxylic acids is 2. The van der Waals surface area contributed by atoms with Gasteiger partial charge in [0.2, 0.25) is 0 Å². The van der Waals surface area contributed by atoms with Crippen LogP contribution < -0.4 is 0 Å². The Kier molecular flexibility index (Phi) is 40.4. The van der Waals surface area contributed by atoms with Crippen molar-refractivity contribution in [3.8, 4) is 0 Å². The second-order valence-electron chi connectivity index (χ2n) is 14.6. The minimum Gasteiger partial charge on any atom is -0.462 e. The summed E-state index contributed by atoms with van der Waals surface area (Å²) in [6, 6.07) is 0. The van der Waals surface area contributed by atoms with Gasteiger partial charge in [0, 0.05) is 19.4 Å². The summed E-state index contributed by atoms with van der Waals surface area (Å²) < 4.78 is 17.2. The molecule has 1 atom stereocenters. The third kappa shape index (κ3) is 39.2. The molecule has 0 aliphatic heterocycles. The number of ether oxygens (including phenoxy) is 3. The van der Waals surface area contributed by atoms with Crippen LogP contribution >= 0.6 is 0 Å². The maximum absolute atomic E-state index is 12.6. The maximum atomic E-state index is 12.6. The summed E-state index contributed by atoms with van der Waals surface area (Å²) >= 11 is 0. The zero-order valence-electron chi connectivity index (χ0n) is 33.7. The number of unbranched alkanes of at least 4 members (excludes halogenated alkanes) is 25. The number of esters is 2. The molecule has 0 aromatic rings. The Bertz CT molecular complexity index is 761. The van der Waals surface area contributed by atoms with Gasteiger partial charge in [-0.1, -0.05) is 167 Å². The number of hydrogen-bond acceptors (Lipinski definition) is 5. The minimum absolute atomic E-state index is 0.0829. The van der Waals surface area contributed by atoms with Crippen LogP contribution in [0.1, 0.15) is 226 Å². The van der Waals surface area contributed by atoms with Gasteiger partial charge in [0.25, 0.3) is 0 Å². The Morgan fingerprint density at radius 3 is 1.24 bits per heavy atom. The third-order valence-corrected chi connectivity index (χ3v) is 9.46. The first-order valence-corrected chi connectivity index (χ1v) is 21.9. The monoisotopic (exact) mass is 705 g/mol. The van der Waals surface area contributed by atoms with E-state index in [-0.39, 0.29) is 25.2 Å². The van der Waals surface area contributed by atoms with Crippen LogP contribution in [-0.4, -0.2) is 37.9 Å². The van der Waals surface area contributed by atoms with Gasteiger partial charge >= 0.3 is 11.9 Å². The van der Waals surface area contributed by atoms with Crippen LogP contribution in [0.4, 0.5) is 0 Å². The fourth-order valence-corrected chi connectivity index (χ4v) is 6.14. The number of hydrogen-bond donors (Lipinski definition) is 0. The van der Waals surface area contributed by atoms with Gasteiger partial charge in [-0.2, -0.15) is 0 Å². The van der Waals surface area contributed by atoms with Crippen molar-refractivity contribution < 1.29 is 23.8 Å². The Hall–Kier alpha value is -1.62. The van der Waals surface area contributed by atoms with Gasteiger partial charge in [-0.15, -0.1) is 0 Å². The summed E-state index contributed by atoms with van der Waals surface area (Å²) in [4.78, 5) is 25.0. The molecule has 0 saturated heterocycles. The first-order chi connectivity index (χ1) is 24.6. The summed E-state index contributed by atoms with van der Waals surface area (Å²) in [5, 5.41) is 0. The molecular formula is C45H84O5. The lowest BCUT2D eigenvalue weighted by Gasteiger charge is -2.18. The summed E-state index contributed by atoms with van der Waals surface area (Å²) in [5.74, 6) is -0.410. The van der Waals surface area contributed by atoms with E-state index in [1.54, 1.807) is 0 Å². The van der Waals surface area contributed by atoms with E-state index in [0.29, 0.717) is 19.4 Å². The van der Waals surface area contributed by atoms with Gasteiger partial charge in [0.05, 0.1) is 6.61 Å². The van der Waals surface area contributed by atoms with Gasteiger partial charge in [-0.25, -0.2) is 0 Å². The van der Waals surface area contributed by atoms with E-state index < -0.39 is 6.10 Å².